The van der Waals surface area contributed by atoms with Crippen molar-refractivity contribution in [3.8, 4) is 0 Å². The largest absolute Gasteiger partial charge is 0.385 e. The molecule has 0 unspecified atom stereocenters. The van der Waals surface area contributed by atoms with E-state index < -0.39 is 5.60 Å². The number of carbonyl (C=O) groups is 1. The summed E-state index contributed by atoms with van der Waals surface area (Å²) >= 11 is 0. The third-order valence-electron chi connectivity index (χ3n) is 3.47. The van der Waals surface area contributed by atoms with Crippen LogP contribution in [0.15, 0.2) is 24.3 Å². The molecule has 0 aliphatic rings. The molecule has 0 atom stereocenters. The van der Waals surface area contributed by atoms with Gasteiger partial charge in [-0.15, -0.1) is 0 Å². The Bertz CT molecular complexity index is 346. The van der Waals surface area contributed by atoms with Crippen molar-refractivity contribution in [3.05, 3.63) is 35.4 Å². The first-order valence-electron chi connectivity index (χ1n) is 6.94. The second-order valence-electron chi connectivity index (χ2n) is 4.98. The van der Waals surface area contributed by atoms with E-state index in [9.17, 15) is 9.90 Å². The van der Waals surface area contributed by atoms with Crippen molar-refractivity contribution in [1.82, 2.24) is 0 Å². The van der Waals surface area contributed by atoms with Crippen molar-refractivity contribution >= 4 is 6.29 Å². The SMILES string of the molecule is CCCCC(O)(CCCC)c1ccc(C=O)cc1. The summed E-state index contributed by atoms with van der Waals surface area (Å²) in [5.41, 5.74) is 0.870. The molecule has 18 heavy (non-hydrogen) atoms. The summed E-state index contributed by atoms with van der Waals surface area (Å²) in [6, 6.07) is 7.33. The predicted molar refractivity (Wildman–Crippen MR) is 74.8 cm³/mol. The minimum atomic E-state index is -0.729. The second-order valence-corrected chi connectivity index (χ2v) is 4.98. The van der Waals surface area contributed by atoms with Crippen LogP contribution >= 0.6 is 0 Å². The highest BCUT2D eigenvalue weighted by Crippen LogP contribution is 2.32. The third-order valence-corrected chi connectivity index (χ3v) is 3.47. The van der Waals surface area contributed by atoms with Crippen LogP contribution < -0.4 is 0 Å². The van der Waals surface area contributed by atoms with Crippen LogP contribution in [0.2, 0.25) is 0 Å². The Hall–Kier alpha value is -1.15. The highest BCUT2D eigenvalue weighted by Gasteiger charge is 2.27. The molecule has 0 aromatic heterocycles. The molecule has 0 bridgehead atoms. The minimum Gasteiger partial charge on any atom is -0.385 e. The van der Waals surface area contributed by atoms with Crippen molar-refractivity contribution in [3.63, 3.8) is 0 Å². The summed E-state index contributed by atoms with van der Waals surface area (Å²) in [5.74, 6) is 0. The first-order chi connectivity index (χ1) is 8.66. The number of rotatable bonds is 8. The monoisotopic (exact) mass is 248 g/mol. The third kappa shape index (κ3) is 3.95. The standard InChI is InChI=1S/C16H24O2/c1-3-5-11-16(18,12-6-4-2)15-9-7-14(13-17)8-10-15/h7-10,13,18H,3-6,11-12H2,1-2H3. The van der Waals surface area contributed by atoms with Crippen LogP contribution in [0, 0.1) is 0 Å². The molecule has 0 fully saturated rings. The van der Waals surface area contributed by atoms with Crippen molar-refractivity contribution in [2.75, 3.05) is 0 Å². The zero-order valence-electron chi connectivity index (χ0n) is 11.5. The average Bonchev–Trinajstić information content (AvgIpc) is 2.43. The molecule has 2 nitrogen and oxygen atoms in total. The minimum absolute atomic E-state index is 0.659. The fourth-order valence-electron chi connectivity index (χ4n) is 2.22. The number of carbonyl (C=O) groups excluding carboxylic acids is 1. The van der Waals surface area contributed by atoms with Crippen LogP contribution in [0.3, 0.4) is 0 Å². The smallest absolute Gasteiger partial charge is 0.150 e. The molecule has 1 aromatic rings. The van der Waals surface area contributed by atoms with E-state index in [2.05, 4.69) is 13.8 Å². The Morgan fingerprint density at radius 2 is 1.56 bits per heavy atom. The molecular formula is C16H24O2. The van der Waals surface area contributed by atoms with Crippen molar-refractivity contribution in [2.24, 2.45) is 0 Å². The molecule has 0 amide bonds. The van der Waals surface area contributed by atoms with Crippen molar-refractivity contribution in [1.29, 1.82) is 0 Å². The van der Waals surface area contributed by atoms with Gasteiger partial charge in [0.1, 0.15) is 6.29 Å². The summed E-state index contributed by atoms with van der Waals surface area (Å²) in [6.45, 7) is 4.27. The lowest BCUT2D eigenvalue weighted by Gasteiger charge is -2.29. The molecule has 1 aromatic carbocycles. The molecule has 0 saturated heterocycles. The van der Waals surface area contributed by atoms with Gasteiger partial charge in [-0.2, -0.15) is 0 Å². The number of hydrogen-bond donors (Lipinski definition) is 1. The Kier molecular flexibility index (Phi) is 6.06. The molecule has 0 saturated carbocycles. The van der Waals surface area contributed by atoms with E-state index in [0.717, 1.165) is 50.4 Å². The maximum absolute atomic E-state index is 10.8. The van der Waals surface area contributed by atoms with Gasteiger partial charge in [0.2, 0.25) is 0 Å². The highest BCUT2D eigenvalue weighted by atomic mass is 16.3. The number of hydrogen-bond acceptors (Lipinski definition) is 2. The Balaban J connectivity index is 2.88. The van der Waals surface area contributed by atoms with Crippen molar-refractivity contribution < 1.29 is 9.90 Å². The lowest BCUT2D eigenvalue weighted by molar-refractivity contribution is 0.0141. The maximum atomic E-state index is 10.8. The van der Waals surface area contributed by atoms with Gasteiger partial charge in [-0.1, -0.05) is 63.8 Å². The van der Waals surface area contributed by atoms with Gasteiger partial charge in [-0.05, 0) is 18.4 Å². The number of benzene rings is 1. The molecule has 1 rings (SSSR count). The summed E-state index contributed by atoms with van der Waals surface area (Å²) in [4.78, 5) is 10.6. The van der Waals surface area contributed by atoms with E-state index >= 15 is 0 Å². The van der Waals surface area contributed by atoms with Gasteiger partial charge in [0.05, 0.1) is 5.60 Å². The van der Waals surface area contributed by atoms with Gasteiger partial charge in [0.15, 0.2) is 0 Å². The summed E-state index contributed by atoms with van der Waals surface area (Å²) in [6.07, 6.45) is 6.64. The van der Waals surface area contributed by atoms with Gasteiger partial charge in [-0.25, -0.2) is 0 Å². The van der Waals surface area contributed by atoms with E-state index in [0.29, 0.717) is 5.56 Å². The molecule has 0 heterocycles. The average molecular weight is 248 g/mol. The summed E-state index contributed by atoms with van der Waals surface area (Å²) in [5, 5.41) is 10.8. The fourth-order valence-corrected chi connectivity index (χ4v) is 2.22. The molecule has 1 N–H and O–H groups in total. The van der Waals surface area contributed by atoms with E-state index in [1.54, 1.807) is 12.1 Å². The molecule has 100 valence electrons. The van der Waals surface area contributed by atoms with Crippen LogP contribution in [-0.2, 0) is 5.60 Å². The summed E-state index contributed by atoms with van der Waals surface area (Å²) in [7, 11) is 0. The number of aliphatic hydroxyl groups is 1. The lowest BCUT2D eigenvalue weighted by Crippen LogP contribution is -2.25. The molecule has 0 aliphatic heterocycles. The maximum Gasteiger partial charge on any atom is 0.150 e. The lowest BCUT2D eigenvalue weighted by atomic mass is 9.84. The topological polar surface area (TPSA) is 37.3 Å². The molecule has 0 spiro atoms. The van der Waals surface area contributed by atoms with E-state index in [1.807, 2.05) is 12.1 Å². The van der Waals surface area contributed by atoms with Crippen molar-refractivity contribution in [2.45, 2.75) is 58.0 Å². The molecule has 0 aliphatic carbocycles. The van der Waals surface area contributed by atoms with Crippen LogP contribution in [0.25, 0.3) is 0 Å². The van der Waals surface area contributed by atoms with Gasteiger partial charge >= 0.3 is 0 Å². The normalized spacial score (nSPS) is 11.5. The quantitative estimate of drug-likeness (QED) is 0.704. The van der Waals surface area contributed by atoms with Gasteiger partial charge in [0.25, 0.3) is 0 Å². The summed E-state index contributed by atoms with van der Waals surface area (Å²) < 4.78 is 0. The molecule has 2 heteroatoms. The van der Waals surface area contributed by atoms with Crippen LogP contribution in [0.4, 0.5) is 0 Å². The van der Waals surface area contributed by atoms with Gasteiger partial charge < -0.3 is 5.11 Å². The Morgan fingerprint density at radius 3 is 1.94 bits per heavy atom. The number of unbranched alkanes of at least 4 members (excludes halogenated alkanes) is 2. The predicted octanol–water partition coefficient (Wildman–Crippen LogP) is 4.07. The molecular weight excluding hydrogens is 224 g/mol. The zero-order valence-corrected chi connectivity index (χ0v) is 11.5. The zero-order chi connectivity index (χ0) is 13.4. The first-order valence-corrected chi connectivity index (χ1v) is 6.94. The highest BCUT2D eigenvalue weighted by molar-refractivity contribution is 5.74. The fraction of sp³-hybridized carbons (Fsp3) is 0.562. The Morgan fingerprint density at radius 1 is 1.06 bits per heavy atom. The number of aldehydes is 1. The van der Waals surface area contributed by atoms with Gasteiger partial charge in [0, 0.05) is 5.56 Å². The van der Waals surface area contributed by atoms with Crippen LogP contribution in [0.1, 0.15) is 68.3 Å². The molecule has 0 radical (unpaired) electrons. The van der Waals surface area contributed by atoms with E-state index in [1.165, 1.54) is 0 Å². The Labute approximate surface area is 110 Å². The van der Waals surface area contributed by atoms with Crippen LogP contribution in [-0.4, -0.2) is 11.4 Å². The van der Waals surface area contributed by atoms with Gasteiger partial charge in [-0.3, -0.25) is 4.79 Å². The second kappa shape index (κ2) is 7.32. The van der Waals surface area contributed by atoms with E-state index in [-0.39, 0.29) is 0 Å². The first kappa shape index (κ1) is 14.9. The van der Waals surface area contributed by atoms with Crippen LogP contribution in [0.5, 0.6) is 0 Å². The van der Waals surface area contributed by atoms with E-state index in [4.69, 9.17) is 0 Å².